The van der Waals surface area contributed by atoms with Gasteiger partial charge in [-0.15, -0.1) is 0 Å². The van der Waals surface area contributed by atoms with Crippen molar-refractivity contribution in [3.05, 3.63) is 34.1 Å². The average molecular weight is 316 g/mol. The SMILES string of the molecule is CCNCC(C)(Cc1ccc(F)c(Br)c1)C(C)C. The van der Waals surface area contributed by atoms with Gasteiger partial charge in [0.25, 0.3) is 0 Å². The third-order valence-electron chi connectivity index (χ3n) is 3.76. The summed E-state index contributed by atoms with van der Waals surface area (Å²) in [7, 11) is 0. The molecular weight excluding hydrogens is 293 g/mol. The average Bonchev–Trinajstić information content (AvgIpc) is 2.31. The van der Waals surface area contributed by atoms with Crippen molar-refractivity contribution in [1.82, 2.24) is 5.32 Å². The van der Waals surface area contributed by atoms with Crippen LogP contribution >= 0.6 is 15.9 Å². The lowest BCUT2D eigenvalue weighted by molar-refractivity contribution is 0.209. The van der Waals surface area contributed by atoms with Gasteiger partial charge in [0.15, 0.2) is 0 Å². The number of nitrogens with one attached hydrogen (secondary N) is 1. The lowest BCUT2D eigenvalue weighted by atomic mass is 9.74. The Bertz CT molecular complexity index is 392. The summed E-state index contributed by atoms with van der Waals surface area (Å²) in [4.78, 5) is 0. The molecule has 0 spiro atoms. The van der Waals surface area contributed by atoms with Gasteiger partial charge in [0.2, 0.25) is 0 Å². The van der Waals surface area contributed by atoms with Crippen molar-refractivity contribution >= 4 is 15.9 Å². The van der Waals surface area contributed by atoms with Gasteiger partial charge in [-0.25, -0.2) is 4.39 Å². The minimum absolute atomic E-state index is 0.188. The van der Waals surface area contributed by atoms with E-state index in [4.69, 9.17) is 0 Å². The molecule has 1 rings (SSSR count). The van der Waals surface area contributed by atoms with Crippen molar-refractivity contribution in [3.63, 3.8) is 0 Å². The van der Waals surface area contributed by atoms with Gasteiger partial charge in [0.1, 0.15) is 5.82 Å². The fourth-order valence-electron chi connectivity index (χ4n) is 2.00. The molecule has 0 saturated heterocycles. The third-order valence-corrected chi connectivity index (χ3v) is 4.37. The normalized spacial score (nSPS) is 14.8. The summed E-state index contributed by atoms with van der Waals surface area (Å²) in [6.07, 6.45) is 0.955. The van der Waals surface area contributed by atoms with Gasteiger partial charge in [0.05, 0.1) is 4.47 Å². The van der Waals surface area contributed by atoms with E-state index in [0.29, 0.717) is 10.4 Å². The zero-order valence-corrected chi connectivity index (χ0v) is 13.3. The Kier molecular flexibility index (Phi) is 5.80. The topological polar surface area (TPSA) is 12.0 Å². The largest absolute Gasteiger partial charge is 0.316 e. The van der Waals surface area contributed by atoms with Crippen LogP contribution in [0.25, 0.3) is 0 Å². The molecule has 102 valence electrons. The van der Waals surface area contributed by atoms with E-state index in [9.17, 15) is 4.39 Å². The first-order valence-corrected chi connectivity index (χ1v) is 7.33. The number of hydrogen-bond donors (Lipinski definition) is 1. The first-order valence-electron chi connectivity index (χ1n) is 6.53. The second-order valence-corrected chi connectivity index (χ2v) is 6.37. The van der Waals surface area contributed by atoms with Crippen LogP contribution in [0.3, 0.4) is 0 Å². The van der Waals surface area contributed by atoms with Gasteiger partial charge < -0.3 is 5.32 Å². The van der Waals surface area contributed by atoms with E-state index < -0.39 is 0 Å². The monoisotopic (exact) mass is 315 g/mol. The van der Waals surface area contributed by atoms with Crippen molar-refractivity contribution in [3.8, 4) is 0 Å². The minimum atomic E-state index is -0.198. The first-order chi connectivity index (χ1) is 8.39. The summed E-state index contributed by atoms with van der Waals surface area (Å²) < 4.78 is 13.8. The molecule has 0 heterocycles. The minimum Gasteiger partial charge on any atom is -0.316 e. The number of rotatable bonds is 6. The molecule has 1 aromatic rings. The van der Waals surface area contributed by atoms with Crippen LogP contribution in [0.1, 0.15) is 33.3 Å². The summed E-state index contributed by atoms with van der Waals surface area (Å²) >= 11 is 3.25. The summed E-state index contributed by atoms with van der Waals surface area (Å²) in [6, 6.07) is 5.31. The summed E-state index contributed by atoms with van der Waals surface area (Å²) in [5.74, 6) is 0.372. The molecule has 0 amide bonds. The number of halogens is 2. The lowest BCUT2D eigenvalue weighted by Crippen LogP contribution is -2.37. The van der Waals surface area contributed by atoms with E-state index in [1.54, 1.807) is 0 Å². The van der Waals surface area contributed by atoms with Crippen molar-refractivity contribution in [2.75, 3.05) is 13.1 Å². The van der Waals surface area contributed by atoms with Crippen molar-refractivity contribution < 1.29 is 4.39 Å². The Balaban J connectivity index is 2.85. The van der Waals surface area contributed by atoms with Crippen molar-refractivity contribution in [2.24, 2.45) is 11.3 Å². The summed E-state index contributed by atoms with van der Waals surface area (Å²) in [6.45, 7) is 10.9. The van der Waals surface area contributed by atoms with E-state index in [2.05, 4.69) is 48.9 Å². The highest BCUT2D eigenvalue weighted by atomic mass is 79.9. The maximum absolute atomic E-state index is 13.2. The second kappa shape index (κ2) is 6.67. The van der Waals surface area contributed by atoms with Gasteiger partial charge in [-0.3, -0.25) is 0 Å². The van der Waals surface area contributed by atoms with Gasteiger partial charge >= 0.3 is 0 Å². The highest BCUT2D eigenvalue weighted by Gasteiger charge is 2.28. The molecule has 0 bridgehead atoms. The van der Waals surface area contributed by atoms with E-state index >= 15 is 0 Å². The Labute approximate surface area is 118 Å². The van der Waals surface area contributed by atoms with Crippen LogP contribution in [0.2, 0.25) is 0 Å². The fourth-order valence-corrected chi connectivity index (χ4v) is 2.42. The zero-order valence-electron chi connectivity index (χ0n) is 11.7. The molecule has 18 heavy (non-hydrogen) atoms. The molecular formula is C15H23BrFN. The Hall–Kier alpha value is -0.410. The Morgan fingerprint density at radius 2 is 2.06 bits per heavy atom. The van der Waals surface area contributed by atoms with Crippen molar-refractivity contribution in [1.29, 1.82) is 0 Å². The Morgan fingerprint density at radius 3 is 2.56 bits per heavy atom. The molecule has 0 aliphatic carbocycles. The lowest BCUT2D eigenvalue weighted by Gasteiger charge is -2.34. The molecule has 0 saturated carbocycles. The Morgan fingerprint density at radius 1 is 1.39 bits per heavy atom. The molecule has 0 aliphatic heterocycles. The van der Waals surface area contributed by atoms with E-state index in [1.807, 2.05) is 12.1 Å². The van der Waals surface area contributed by atoms with E-state index in [1.165, 1.54) is 11.6 Å². The summed E-state index contributed by atoms with van der Waals surface area (Å²) in [5, 5.41) is 3.43. The molecule has 0 aromatic heterocycles. The number of benzene rings is 1. The van der Waals surface area contributed by atoms with Crippen molar-refractivity contribution in [2.45, 2.75) is 34.1 Å². The standard InChI is InChI=1S/C15H23BrFN/c1-5-18-10-15(4,11(2)3)9-12-6-7-14(17)13(16)8-12/h6-8,11,18H,5,9-10H2,1-4H3. The van der Waals surface area contributed by atoms with E-state index in [0.717, 1.165) is 19.5 Å². The van der Waals surface area contributed by atoms with Gasteiger partial charge in [-0.05, 0) is 57.9 Å². The molecule has 3 heteroatoms. The molecule has 1 unspecified atom stereocenters. The predicted molar refractivity (Wildman–Crippen MR) is 79.3 cm³/mol. The number of hydrogen-bond acceptors (Lipinski definition) is 1. The smallest absolute Gasteiger partial charge is 0.137 e. The van der Waals surface area contributed by atoms with Crippen LogP contribution < -0.4 is 5.32 Å². The molecule has 1 nitrogen and oxygen atoms in total. The van der Waals surface area contributed by atoms with E-state index in [-0.39, 0.29) is 11.2 Å². The molecule has 0 radical (unpaired) electrons. The van der Waals surface area contributed by atoms with Crippen LogP contribution in [-0.4, -0.2) is 13.1 Å². The van der Waals surface area contributed by atoms with Gasteiger partial charge in [0, 0.05) is 6.54 Å². The highest BCUT2D eigenvalue weighted by molar-refractivity contribution is 9.10. The fraction of sp³-hybridized carbons (Fsp3) is 0.600. The maximum Gasteiger partial charge on any atom is 0.137 e. The molecule has 0 aliphatic rings. The molecule has 1 aromatic carbocycles. The van der Waals surface area contributed by atoms with Gasteiger partial charge in [-0.1, -0.05) is 33.8 Å². The quantitative estimate of drug-likeness (QED) is 0.820. The molecule has 1 N–H and O–H groups in total. The van der Waals surface area contributed by atoms with Gasteiger partial charge in [-0.2, -0.15) is 0 Å². The third kappa shape index (κ3) is 4.06. The second-order valence-electron chi connectivity index (χ2n) is 5.51. The van der Waals surface area contributed by atoms with Crippen LogP contribution in [0.15, 0.2) is 22.7 Å². The zero-order chi connectivity index (χ0) is 13.8. The molecule has 0 fully saturated rings. The van der Waals surface area contributed by atoms with Crippen LogP contribution in [0.4, 0.5) is 4.39 Å². The first kappa shape index (κ1) is 15.6. The highest BCUT2D eigenvalue weighted by Crippen LogP contribution is 2.31. The summed E-state index contributed by atoms with van der Waals surface area (Å²) in [5.41, 5.74) is 1.37. The molecule has 1 atom stereocenters. The van der Waals surface area contributed by atoms with Crippen LogP contribution in [0, 0.1) is 17.2 Å². The van der Waals surface area contributed by atoms with Crippen LogP contribution in [0.5, 0.6) is 0 Å². The van der Waals surface area contributed by atoms with Crippen LogP contribution in [-0.2, 0) is 6.42 Å². The maximum atomic E-state index is 13.2. The predicted octanol–water partition coefficient (Wildman–Crippen LogP) is 4.40.